The van der Waals surface area contributed by atoms with Gasteiger partial charge in [-0.15, -0.1) is 17.9 Å². The highest BCUT2D eigenvalue weighted by Crippen LogP contribution is 2.27. The minimum absolute atomic E-state index is 0.156. The fourth-order valence-corrected chi connectivity index (χ4v) is 2.54. The summed E-state index contributed by atoms with van der Waals surface area (Å²) in [4.78, 5) is 15.1. The molecule has 1 aromatic heterocycles. The molecule has 1 saturated carbocycles. The lowest BCUT2D eigenvalue weighted by molar-refractivity contribution is -0.130. The zero-order valence-electron chi connectivity index (χ0n) is 10.6. The lowest BCUT2D eigenvalue weighted by Gasteiger charge is -2.20. The van der Waals surface area contributed by atoms with Gasteiger partial charge in [-0.3, -0.25) is 4.79 Å². The average Bonchev–Trinajstić information content (AvgIpc) is 3.04. The quantitative estimate of drug-likeness (QED) is 0.731. The lowest BCUT2D eigenvalue weighted by Crippen LogP contribution is -2.38. The van der Waals surface area contributed by atoms with Crippen LogP contribution in [0.3, 0.4) is 0 Å². The zero-order chi connectivity index (χ0) is 12.8. The molecule has 1 amide bonds. The predicted octanol–water partition coefficient (Wildman–Crippen LogP) is 2.26. The highest BCUT2D eigenvalue weighted by Gasteiger charge is 2.21. The van der Waals surface area contributed by atoms with Gasteiger partial charge in [0.1, 0.15) is 0 Å². The van der Waals surface area contributed by atoms with E-state index in [1.54, 1.807) is 17.4 Å². The van der Waals surface area contributed by atoms with Gasteiger partial charge in [0.15, 0.2) is 0 Å². The Morgan fingerprint density at radius 1 is 1.61 bits per heavy atom. The van der Waals surface area contributed by atoms with E-state index in [1.165, 1.54) is 17.7 Å². The van der Waals surface area contributed by atoms with Gasteiger partial charge < -0.3 is 10.2 Å². The summed E-state index contributed by atoms with van der Waals surface area (Å²) in [5.41, 5.74) is 0. The summed E-state index contributed by atoms with van der Waals surface area (Å²) in [6, 6.07) is 4.08. The van der Waals surface area contributed by atoms with E-state index in [1.807, 2.05) is 16.3 Å². The highest BCUT2D eigenvalue weighted by atomic mass is 32.1. The molecule has 4 heteroatoms. The first-order valence-corrected chi connectivity index (χ1v) is 7.29. The fraction of sp³-hybridized carbons (Fsp3) is 0.500. The number of amides is 1. The van der Waals surface area contributed by atoms with Crippen LogP contribution in [0.2, 0.25) is 0 Å². The van der Waals surface area contributed by atoms with Gasteiger partial charge in [-0.05, 0) is 36.8 Å². The standard InChI is InChI=1S/C14H20N2OS/c1-2-7-16(11-13-4-3-8-18-13)14(17)10-15-9-12-5-6-12/h2-4,8,12,15H,1,5-7,9-11H2. The molecule has 1 heterocycles. The van der Waals surface area contributed by atoms with E-state index in [4.69, 9.17) is 0 Å². The van der Waals surface area contributed by atoms with E-state index in [-0.39, 0.29) is 5.91 Å². The molecule has 2 rings (SSSR count). The van der Waals surface area contributed by atoms with Crippen LogP contribution in [0.5, 0.6) is 0 Å². The second-order valence-corrected chi connectivity index (χ2v) is 5.75. The first-order valence-electron chi connectivity index (χ1n) is 6.41. The van der Waals surface area contributed by atoms with Gasteiger partial charge in [-0.25, -0.2) is 0 Å². The Morgan fingerprint density at radius 2 is 2.44 bits per heavy atom. The van der Waals surface area contributed by atoms with E-state index in [2.05, 4.69) is 18.0 Å². The van der Waals surface area contributed by atoms with E-state index < -0.39 is 0 Å². The summed E-state index contributed by atoms with van der Waals surface area (Å²) in [6.45, 7) is 6.44. The Bertz CT molecular complexity index is 385. The van der Waals surface area contributed by atoms with Crippen LogP contribution in [-0.2, 0) is 11.3 Å². The molecule has 0 radical (unpaired) electrons. The Morgan fingerprint density at radius 3 is 3.06 bits per heavy atom. The maximum absolute atomic E-state index is 12.1. The number of hydrogen-bond donors (Lipinski definition) is 1. The van der Waals surface area contributed by atoms with Gasteiger partial charge in [0.2, 0.25) is 5.91 Å². The van der Waals surface area contributed by atoms with Crippen molar-refractivity contribution in [3.63, 3.8) is 0 Å². The Kier molecular flexibility index (Phi) is 4.96. The van der Waals surface area contributed by atoms with Crippen LogP contribution in [0.15, 0.2) is 30.2 Å². The van der Waals surface area contributed by atoms with Crippen molar-refractivity contribution in [2.45, 2.75) is 19.4 Å². The van der Waals surface area contributed by atoms with Crippen LogP contribution in [0.25, 0.3) is 0 Å². The summed E-state index contributed by atoms with van der Waals surface area (Å²) in [7, 11) is 0. The minimum atomic E-state index is 0.156. The van der Waals surface area contributed by atoms with Crippen LogP contribution in [0.1, 0.15) is 17.7 Å². The minimum Gasteiger partial charge on any atom is -0.333 e. The van der Waals surface area contributed by atoms with E-state index in [0.717, 1.165) is 12.5 Å². The molecule has 0 atom stereocenters. The third-order valence-corrected chi connectivity index (χ3v) is 3.90. The first kappa shape index (κ1) is 13.3. The van der Waals surface area contributed by atoms with Gasteiger partial charge in [0.05, 0.1) is 13.1 Å². The third-order valence-electron chi connectivity index (χ3n) is 3.04. The SMILES string of the molecule is C=CCN(Cc1cccs1)C(=O)CNCC1CC1. The molecular formula is C14H20N2OS. The molecule has 1 aromatic rings. The average molecular weight is 264 g/mol. The lowest BCUT2D eigenvalue weighted by atomic mass is 10.3. The third kappa shape index (κ3) is 4.27. The first-order chi connectivity index (χ1) is 8.79. The number of thiophene rings is 1. The summed E-state index contributed by atoms with van der Waals surface area (Å²) >= 11 is 1.68. The van der Waals surface area contributed by atoms with Crippen LogP contribution >= 0.6 is 11.3 Å². The Labute approximate surface area is 112 Å². The van der Waals surface area contributed by atoms with Crippen molar-refractivity contribution in [2.75, 3.05) is 19.6 Å². The molecule has 0 unspecified atom stereocenters. The van der Waals surface area contributed by atoms with Crippen LogP contribution in [0.4, 0.5) is 0 Å². The maximum atomic E-state index is 12.1. The molecule has 98 valence electrons. The summed E-state index contributed by atoms with van der Waals surface area (Å²) in [6.07, 6.45) is 4.41. The molecule has 0 saturated heterocycles. The molecule has 1 N–H and O–H groups in total. The van der Waals surface area contributed by atoms with Crippen LogP contribution < -0.4 is 5.32 Å². The van der Waals surface area contributed by atoms with E-state index >= 15 is 0 Å². The predicted molar refractivity (Wildman–Crippen MR) is 75.5 cm³/mol. The topological polar surface area (TPSA) is 32.3 Å². The summed E-state index contributed by atoms with van der Waals surface area (Å²) < 4.78 is 0. The molecule has 0 aliphatic heterocycles. The van der Waals surface area contributed by atoms with E-state index in [9.17, 15) is 4.79 Å². The molecule has 1 fully saturated rings. The van der Waals surface area contributed by atoms with Crippen molar-refractivity contribution >= 4 is 17.2 Å². The second kappa shape index (κ2) is 6.71. The number of rotatable bonds is 8. The van der Waals surface area contributed by atoms with Crippen LogP contribution in [0, 0.1) is 5.92 Å². The molecule has 18 heavy (non-hydrogen) atoms. The summed E-state index contributed by atoms with van der Waals surface area (Å²) in [5, 5.41) is 5.28. The van der Waals surface area contributed by atoms with Gasteiger partial charge in [0.25, 0.3) is 0 Å². The number of nitrogens with one attached hydrogen (secondary N) is 1. The fourth-order valence-electron chi connectivity index (χ4n) is 1.82. The van der Waals surface area contributed by atoms with Crippen molar-refractivity contribution in [3.8, 4) is 0 Å². The van der Waals surface area contributed by atoms with Crippen LogP contribution in [-0.4, -0.2) is 30.4 Å². The Hall–Kier alpha value is -1.13. The van der Waals surface area contributed by atoms with Crippen molar-refractivity contribution in [1.29, 1.82) is 0 Å². The van der Waals surface area contributed by atoms with Gasteiger partial charge in [-0.2, -0.15) is 0 Å². The molecule has 0 bridgehead atoms. The van der Waals surface area contributed by atoms with Gasteiger partial charge in [-0.1, -0.05) is 12.1 Å². The monoisotopic (exact) mass is 264 g/mol. The molecule has 0 aromatic carbocycles. The number of hydrogen-bond acceptors (Lipinski definition) is 3. The molecule has 0 spiro atoms. The zero-order valence-corrected chi connectivity index (χ0v) is 11.4. The summed E-state index contributed by atoms with van der Waals surface area (Å²) in [5.74, 6) is 0.965. The highest BCUT2D eigenvalue weighted by molar-refractivity contribution is 7.09. The van der Waals surface area contributed by atoms with Crippen molar-refractivity contribution in [2.24, 2.45) is 5.92 Å². The van der Waals surface area contributed by atoms with E-state index in [0.29, 0.717) is 19.6 Å². The second-order valence-electron chi connectivity index (χ2n) is 4.72. The maximum Gasteiger partial charge on any atom is 0.237 e. The molecule has 1 aliphatic rings. The number of carbonyl (C=O) groups excluding carboxylic acids is 1. The van der Waals surface area contributed by atoms with Crippen molar-refractivity contribution < 1.29 is 4.79 Å². The van der Waals surface area contributed by atoms with Gasteiger partial charge >= 0.3 is 0 Å². The Balaban J connectivity index is 1.78. The van der Waals surface area contributed by atoms with Crippen molar-refractivity contribution in [1.82, 2.24) is 10.2 Å². The largest absolute Gasteiger partial charge is 0.333 e. The molecular weight excluding hydrogens is 244 g/mol. The number of nitrogens with zero attached hydrogens (tertiary/aromatic N) is 1. The molecule has 1 aliphatic carbocycles. The van der Waals surface area contributed by atoms with Crippen molar-refractivity contribution in [3.05, 3.63) is 35.0 Å². The van der Waals surface area contributed by atoms with Gasteiger partial charge in [0, 0.05) is 11.4 Å². The molecule has 3 nitrogen and oxygen atoms in total. The smallest absolute Gasteiger partial charge is 0.237 e. The normalized spacial score (nSPS) is 14.4. The number of carbonyl (C=O) groups is 1.